The molecular formula is C20H26N6O4. The van der Waals surface area contributed by atoms with Crippen molar-refractivity contribution in [2.24, 2.45) is 7.05 Å². The molecule has 1 saturated heterocycles. The van der Waals surface area contributed by atoms with Crippen molar-refractivity contribution in [2.45, 2.75) is 45.3 Å². The van der Waals surface area contributed by atoms with Crippen LogP contribution in [-0.2, 0) is 21.9 Å². The first-order valence-electron chi connectivity index (χ1n) is 9.91. The van der Waals surface area contributed by atoms with E-state index < -0.39 is 11.2 Å². The summed E-state index contributed by atoms with van der Waals surface area (Å²) in [6.45, 7) is 8.42. The molecule has 0 bridgehead atoms. The van der Waals surface area contributed by atoms with E-state index in [-0.39, 0.29) is 25.4 Å². The molecule has 0 aromatic carbocycles. The van der Waals surface area contributed by atoms with Crippen LogP contribution in [0.3, 0.4) is 0 Å². The van der Waals surface area contributed by atoms with Crippen molar-refractivity contribution in [1.82, 2.24) is 29.6 Å². The Morgan fingerprint density at radius 1 is 1.30 bits per heavy atom. The van der Waals surface area contributed by atoms with Crippen molar-refractivity contribution in [2.75, 3.05) is 19.8 Å². The van der Waals surface area contributed by atoms with Crippen LogP contribution < -0.4 is 4.74 Å². The van der Waals surface area contributed by atoms with Crippen molar-refractivity contribution >= 4 is 11.4 Å². The number of Topliss-reactive ketones (excluding diaryl/α,β-unsaturated/α-hetero) is 1. The Morgan fingerprint density at radius 2 is 2.03 bits per heavy atom. The second-order valence-electron chi connectivity index (χ2n) is 8.00. The smallest absolute Gasteiger partial charge is 0.186 e. The molecule has 0 spiro atoms. The number of aryl methyl sites for hydroxylation is 2. The lowest BCUT2D eigenvalue weighted by Crippen LogP contribution is -2.51. The summed E-state index contributed by atoms with van der Waals surface area (Å²) in [4.78, 5) is 19.5. The third kappa shape index (κ3) is 3.56. The average molecular weight is 414 g/mol. The molecule has 0 amide bonds. The zero-order valence-electron chi connectivity index (χ0n) is 17.9. The number of nitrogens with zero attached hydrogens (tertiary/aromatic N) is 6. The van der Waals surface area contributed by atoms with Gasteiger partial charge in [-0.1, -0.05) is 0 Å². The summed E-state index contributed by atoms with van der Waals surface area (Å²) >= 11 is 0. The normalized spacial score (nSPS) is 17.9. The first-order chi connectivity index (χ1) is 14.2. The van der Waals surface area contributed by atoms with E-state index >= 15 is 0 Å². The SMILES string of the molecule is CCOc1cccn2c(C(=O)CC3(c4nnn(C)n4)COC(C)(C)OC3)c(C)nc12. The third-order valence-electron chi connectivity index (χ3n) is 5.23. The van der Waals surface area contributed by atoms with E-state index in [1.54, 1.807) is 11.4 Å². The van der Waals surface area contributed by atoms with Gasteiger partial charge in [0.1, 0.15) is 5.69 Å². The van der Waals surface area contributed by atoms with Crippen molar-refractivity contribution in [3.8, 4) is 5.75 Å². The molecule has 160 valence electrons. The largest absolute Gasteiger partial charge is 0.490 e. The first kappa shape index (κ1) is 20.4. The van der Waals surface area contributed by atoms with Crippen LogP contribution in [0.15, 0.2) is 18.3 Å². The van der Waals surface area contributed by atoms with Gasteiger partial charge in [0.05, 0.1) is 38.0 Å². The van der Waals surface area contributed by atoms with Crippen LogP contribution in [0.2, 0.25) is 0 Å². The molecule has 1 fully saturated rings. The lowest BCUT2D eigenvalue weighted by molar-refractivity contribution is -0.269. The van der Waals surface area contributed by atoms with Crippen LogP contribution in [0, 0.1) is 6.92 Å². The Morgan fingerprint density at radius 3 is 2.67 bits per heavy atom. The summed E-state index contributed by atoms with van der Waals surface area (Å²) in [5.74, 6) is 0.224. The molecule has 0 saturated carbocycles. The molecule has 4 rings (SSSR count). The Kier molecular flexibility index (Phi) is 5.07. The van der Waals surface area contributed by atoms with E-state index in [4.69, 9.17) is 14.2 Å². The predicted molar refractivity (Wildman–Crippen MR) is 107 cm³/mol. The number of ketones is 1. The quantitative estimate of drug-likeness (QED) is 0.563. The number of pyridine rings is 1. The minimum Gasteiger partial charge on any atom is -0.490 e. The second kappa shape index (κ2) is 7.44. The van der Waals surface area contributed by atoms with Crippen LogP contribution in [0.4, 0.5) is 0 Å². The summed E-state index contributed by atoms with van der Waals surface area (Å²) < 4.78 is 19.2. The summed E-state index contributed by atoms with van der Waals surface area (Å²) in [7, 11) is 1.68. The van der Waals surface area contributed by atoms with Crippen LogP contribution in [0.5, 0.6) is 5.75 Å². The summed E-state index contributed by atoms with van der Waals surface area (Å²) in [6.07, 6.45) is 1.91. The highest BCUT2D eigenvalue weighted by Gasteiger charge is 2.46. The van der Waals surface area contributed by atoms with Crippen LogP contribution >= 0.6 is 0 Å². The Hall–Kier alpha value is -2.85. The number of fused-ring (bicyclic) bond motifs is 1. The average Bonchev–Trinajstić information content (AvgIpc) is 3.27. The summed E-state index contributed by atoms with van der Waals surface area (Å²) in [6, 6.07) is 3.68. The van der Waals surface area contributed by atoms with Crippen molar-refractivity contribution in [3.05, 3.63) is 35.5 Å². The lowest BCUT2D eigenvalue weighted by Gasteiger charge is -2.41. The van der Waals surface area contributed by atoms with Crippen molar-refractivity contribution < 1.29 is 19.0 Å². The number of hydrogen-bond acceptors (Lipinski definition) is 8. The van der Waals surface area contributed by atoms with E-state index in [2.05, 4.69) is 20.4 Å². The van der Waals surface area contributed by atoms with E-state index in [0.717, 1.165) is 0 Å². The first-order valence-corrected chi connectivity index (χ1v) is 9.91. The number of ether oxygens (including phenoxy) is 3. The molecule has 10 nitrogen and oxygen atoms in total. The maximum Gasteiger partial charge on any atom is 0.186 e. The molecule has 0 N–H and O–H groups in total. The molecule has 0 atom stereocenters. The lowest BCUT2D eigenvalue weighted by atomic mass is 9.81. The number of aromatic nitrogens is 6. The van der Waals surface area contributed by atoms with Crippen LogP contribution in [0.25, 0.3) is 5.65 Å². The molecule has 0 unspecified atom stereocenters. The molecule has 3 aromatic rings. The number of carbonyl (C=O) groups excluding carboxylic acids is 1. The fraction of sp³-hybridized carbons (Fsp3) is 0.550. The van der Waals surface area contributed by atoms with E-state index in [1.165, 1.54) is 4.80 Å². The number of hydrogen-bond donors (Lipinski definition) is 0. The van der Waals surface area contributed by atoms with Crippen LogP contribution in [0.1, 0.15) is 49.2 Å². The molecule has 10 heteroatoms. The van der Waals surface area contributed by atoms with Gasteiger partial charge in [-0.05, 0) is 45.0 Å². The summed E-state index contributed by atoms with van der Waals surface area (Å²) in [5.41, 5.74) is 0.908. The van der Waals surface area contributed by atoms with E-state index in [0.29, 0.717) is 35.2 Å². The number of carbonyl (C=O) groups is 1. The Bertz CT molecular complexity index is 1080. The predicted octanol–water partition coefficient (Wildman–Crippen LogP) is 1.86. The molecule has 1 aliphatic heterocycles. The number of tetrazole rings is 1. The highest BCUT2D eigenvalue weighted by molar-refractivity contribution is 5.97. The number of imidazole rings is 1. The fourth-order valence-corrected chi connectivity index (χ4v) is 3.66. The molecule has 3 aromatic heterocycles. The van der Waals surface area contributed by atoms with Gasteiger partial charge in [-0.2, -0.15) is 4.80 Å². The molecule has 1 aliphatic rings. The molecule has 30 heavy (non-hydrogen) atoms. The third-order valence-corrected chi connectivity index (χ3v) is 5.23. The van der Waals surface area contributed by atoms with Gasteiger partial charge in [0.2, 0.25) is 0 Å². The van der Waals surface area contributed by atoms with Gasteiger partial charge < -0.3 is 14.2 Å². The topological polar surface area (TPSA) is 106 Å². The minimum atomic E-state index is -0.838. The van der Waals surface area contributed by atoms with Gasteiger partial charge in [-0.3, -0.25) is 9.20 Å². The Labute approximate surface area is 174 Å². The van der Waals surface area contributed by atoms with E-state index in [1.807, 2.05) is 46.0 Å². The van der Waals surface area contributed by atoms with Gasteiger partial charge >= 0.3 is 0 Å². The van der Waals surface area contributed by atoms with Crippen LogP contribution in [-0.4, -0.2) is 61.0 Å². The summed E-state index contributed by atoms with van der Waals surface area (Å²) in [5, 5.41) is 12.5. The van der Waals surface area contributed by atoms with Gasteiger partial charge in [0, 0.05) is 12.6 Å². The maximum atomic E-state index is 13.5. The molecule has 0 aliphatic carbocycles. The maximum absolute atomic E-state index is 13.5. The van der Waals surface area contributed by atoms with E-state index in [9.17, 15) is 4.79 Å². The molecule has 4 heterocycles. The second-order valence-corrected chi connectivity index (χ2v) is 8.00. The Balaban J connectivity index is 1.72. The van der Waals surface area contributed by atoms with Crippen molar-refractivity contribution in [1.29, 1.82) is 0 Å². The van der Waals surface area contributed by atoms with Gasteiger partial charge in [0.25, 0.3) is 0 Å². The minimum absolute atomic E-state index is 0.0995. The standard InChI is InChI=1S/C20H26N6O4/c1-6-28-15-8-7-9-26-16(13(2)21-17(15)26)14(27)10-20(18-22-24-25(5)23-18)11-29-19(3,4)30-12-20/h7-9H,6,10-12H2,1-5H3. The fourth-order valence-electron chi connectivity index (χ4n) is 3.66. The zero-order valence-corrected chi connectivity index (χ0v) is 17.9. The highest BCUT2D eigenvalue weighted by atomic mass is 16.7. The number of rotatable bonds is 6. The molecular weight excluding hydrogens is 388 g/mol. The van der Waals surface area contributed by atoms with Crippen molar-refractivity contribution in [3.63, 3.8) is 0 Å². The monoisotopic (exact) mass is 414 g/mol. The van der Waals surface area contributed by atoms with Gasteiger partial charge in [-0.25, -0.2) is 4.98 Å². The van der Waals surface area contributed by atoms with Gasteiger partial charge in [0.15, 0.2) is 28.8 Å². The molecule has 0 radical (unpaired) electrons. The zero-order chi connectivity index (χ0) is 21.5. The highest BCUT2D eigenvalue weighted by Crippen LogP contribution is 2.36. The van der Waals surface area contributed by atoms with Gasteiger partial charge in [-0.15, -0.1) is 10.2 Å².